The number of hydrogen-bond acceptors (Lipinski definition) is 4. The Morgan fingerprint density at radius 3 is 2.57 bits per heavy atom. The predicted octanol–water partition coefficient (Wildman–Crippen LogP) is 2.69. The lowest BCUT2D eigenvalue weighted by molar-refractivity contribution is -0.143. The Hall–Kier alpha value is -1.43. The van der Waals surface area contributed by atoms with Gasteiger partial charge in [-0.05, 0) is 19.8 Å². The molecule has 1 saturated heterocycles. The van der Waals surface area contributed by atoms with Crippen LogP contribution in [0.5, 0.6) is 0 Å². The average Bonchev–Trinajstić information content (AvgIpc) is 2.80. The molecule has 0 aromatic carbocycles. The van der Waals surface area contributed by atoms with Gasteiger partial charge in [0, 0.05) is 18.5 Å². The Labute approximate surface area is 129 Å². The van der Waals surface area contributed by atoms with Gasteiger partial charge in [-0.1, -0.05) is 20.8 Å². The number of carboxylic acid groups (broad SMARTS) is 1. The number of aryl methyl sites for hydroxylation is 1. The molecule has 6 heteroatoms. The van der Waals surface area contributed by atoms with Crippen molar-refractivity contribution in [2.45, 2.75) is 46.0 Å². The number of carbonyl (C=O) groups is 2. The van der Waals surface area contributed by atoms with Crippen molar-refractivity contribution < 1.29 is 14.7 Å². The van der Waals surface area contributed by atoms with E-state index in [4.69, 9.17) is 5.11 Å². The summed E-state index contributed by atoms with van der Waals surface area (Å²) in [6.45, 7) is 8.99. The summed E-state index contributed by atoms with van der Waals surface area (Å²) in [5.74, 6) is -1.34. The third-order valence-corrected chi connectivity index (χ3v) is 5.26. The molecule has 1 atom stereocenters. The van der Waals surface area contributed by atoms with E-state index in [1.807, 2.05) is 6.92 Å². The summed E-state index contributed by atoms with van der Waals surface area (Å²) in [7, 11) is 0. The number of hydrogen-bond donors (Lipinski definition) is 1. The highest BCUT2D eigenvalue weighted by Gasteiger charge is 2.31. The van der Waals surface area contributed by atoms with Crippen molar-refractivity contribution in [1.82, 2.24) is 9.88 Å². The maximum Gasteiger partial charge on any atom is 0.308 e. The number of carboxylic acids is 1. The fraction of sp³-hybridized carbons (Fsp3) is 0.667. The normalized spacial score (nSPS) is 19.6. The van der Waals surface area contributed by atoms with E-state index in [9.17, 15) is 9.59 Å². The van der Waals surface area contributed by atoms with Crippen molar-refractivity contribution in [2.75, 3.05) is 13.1 Å². The van der Waals surface area contributed by atoms with Crippen molar-refractivity contribution in [1.29, 1.82) is 0 Å². The molecule has 0 aliphatic carbocycles. The van der Waals surface area contributed by atoms with E-state index in [-0.39, 0.29) is 11.3 Å². The van der Waals surface area contributed by atoms with E-state index in [2.05, 4.69) is 25.8 Å². The highest BCUT2D eigenvalue weighted by Crippen LogP contribution is 2.30. The van der Waals surface area contributed by atoms with Crippen LogP contribution in [0.3, 0.4) is 0 Å². The van der Waals surface area contributed by atoms with Crippen molar-refractivity contribution in [3.05, 3.63) is 15.6 Å². The Bertz CT molecular complexity index is 560. The number of piperidine rings is 1. The van der Waals surface area contributed by atoms with Gasteiger partial charge in [0.05, 0.1) is 16.6 Å². The van der Waals surface area contributed by atoms with Crippen LogP contribution >= 0.6 is 11.3 Å². The van der Waals surface area contributed by atoms with Gasteiger partial charge in [-0.3, -0.25) is 9.59 Å². The van der Waals surface area contributed by atoms with E-state index in [1.54, 1.807) is 4.90 Å². The fourth-order valence-electron chi connectivity index (χ4n) is 2.42. The Morgan fingerprint density at radius 2 is 2.05 bits per heavy atom. The lowest BCUT2D eigenvalue weighted by Crippen LogP contribution is -2.42. The molecule has 0 bridgehead atoms. The second kappa shape index (κ2) is 5.75. The number of aliphatic carboxylic acids is 1. The smallest absolute Gasteiger partial charge is 0.308 e. The van der Waals surface area contributed by atoms with E-state index < -0.39 is 11.9 Å². The molecule has 2 heterocycles. The molecule has 0 saturated carbocycles. The van der Waals surface area contributed by atoms with E-state index in [1.165, 1.54) is 11.3 Å². The van der Waals surface area contributed by atoms with Gasteiger partial charge in [0.15, 0.2) is 0 Å². The van der Waals surface area contributed by atoms with Crippen molar-refractivity contribution >= 4 is 23.2 Å². The first-order valence-electron chi connectivity index (χ1n) is 7.20. The quantitative estimate of drug-likeness (QED) is 0.911. The number of rotatable bonds is 2. The van der Waals surface area contributed by atoms with E-state index in [0.29, 0.717) is 24.4 Å². The van der Waals surface area contributed by atoms with Crippen molar-refractivity contribution in [3.63, 3.8) is 0 Å². The van der Waals surface area contributed by atoms with Gasteiger partial charge in [-0.15, -0.1) is 11.3 Å². The van der Waals surface area contributed by atoms with E-state index in [0.717, 1.165) is 17.1 Å². The zero-order chi connectivity index (χ0) is 15.8. The molecule has 0 unspecified atom stereocenters. The molecule has 0 radical (unpaired) electrons. The SMILES string of the molecule is Cc1nc(C(C)(C)C)sc1C(=O)N1CCC[C@H](C(=O)O)C1. The molecule has 1 amide bonds. The maximum atomic E-state index is 12.6. The van der Waals surface area contributed by atoms with Crippen LogP contribution in [-0.2, 0) is 10.2 Å². The van der Waals surface area contributed by atoms with Crippen LogP contribution in [0.25, 0.3) is 0 Å². The number of carbonyl (C=O) groups excluding carboxylic acids is 1. The minimum absolute atomic E-state index is 0.0774. The third-order valence-electron chi connectivity index (χ3n) is 3.69. The molecule has 116 valence electrons. The first-order chi connectivity index (χ1) is 9.70. The molecule has 1 fully saturated rings. The van der Waals surface area contributed by atoms with Crippen LogP contribution in [0.2, 0.25) is 0 Å². The van der Waals surface area contributed by atoms with Crippen LogP contribution < -0.4 is 0 Å². The first-order valence-corrected chi connectivity index (χ1v) is 8.02. The monoisotopic (exact) mass is 310 g/mol. The van der Waals surface area contributed by atoms with Crippen LogP contribution in [0.15, 0.2) is 0 Å². The highest BCUT2D eigenvalue weighted by atomic mass is 32.1. The molecular formula is C15H22N2O3S. The minimum atomic E-state index is -0.816. The highest BCUT2D eigenvalue weighted by molar-refractivity contribution is 7.14. The number of nitrogens with zero attached hydrogens (tertiary/aromatic N) is 2. The third kappa shape index (κ3) is 3.43. The molecule has 1 N–H and O–H groups in total. The largest absolute Gasteiger partial charge is 0.481 e. The summed E-state index contributed by atoms with van der Waals surface area (Å²) in [5.41, 5.74) is 0.659. The zero-order valence-corrected chi connectivity index (χ0v) is 13.8. The predicted molar refractivity (Wildman–Crippen MR) is 81.8 cm³/mol. The summed E-state index contributed by atoms with van der Waals surface area (Å²) in [6, 6.07) is 0. The lowest BCUT2D eigenvalue weighted by atomic mass is 9.98. The number of likely N-dealkylation sites (tertiary alicyclic amines) is 1. The van der Waals surface area contributed by atoms with Crippen LogP contribution in [0.1, 0.15) is 54.0 Å². The number of amides is 1. The van der Waals surface area contributed by atoms with Crippen LogP contribution in [0, 0.1) is 12.8 Å². The first kappa shape index (κ1) is 15.9. The average molecular weight is 310 g/mol. The summed E-state index contributed by atoms with van der Waals surface area (Å²) in [5, 5.41) is 10.1. The summed E-state index contributed by atoms with van der Waals surface area (Å²) in [4.78, 5) is 30.6. The number of thiazole rings is 1. The van der Waals surface area contributed by atoms with Gasteiger partial charge in [-0.2, -0.15) is 0 Å². The zero-order valence-electron chi connectivity index (χ0n) is 13.0. The van der Waals surface area contributed by atoms with Gasteiger partial charge in [0.2, 0.25) is 0 Å². The summed E-state index contributed by atoms with van der Waals surface area (Å²) < 4.78 is 0. The van der Waals surface area contributed by atoms with Crippen LogP contribution in [-0.4, -0.2) is 40.0 Å². The van der Waals surface area contributed by atoms with Gasteiger partial charge >= 0.3 is 5.97 Å². The fourth-order valence-corrected chi connectivity index (χ4v) is 3.51. The molecule has 2 rings (SSSR count). The Balaban J connectivity index is 2.20. The van der Waals surface area contributed by atoms with Crippen molar-refractivity contribution in [3.8, 4) is 0 Å². The maximum absolute atomic E-state index is 12.6. The van der Waals surface area contributed by atoms with E-state index >= 15 is 0 Å². The second-order valence-corrected chi connectivity index (χ2v) is 7.61. The Kier molecular flexibility index (Phi) is 4.37. The van der Waals surface area contributed by atoms with Crippen LogP contribution in [0.4, 0.5) is 0 Å². The Morgan fingerprint density at radius 1 is 1.38 bits per heavy atom. The molecule has 1 aliphatic rings. The van der Waals surface area contributed by atoms with Gasteiger partial charge < -0.3 is 10.0 Å². The molecule has 1 aromatic heterocycles. The molecule has 0 spiro atoms. The number of aromatic nitrogens is 1. The van der Waals surface area contributed by atoms with Gasteiger partial charge in [-0.25, -0.2) is 4.98 Å². The summed E-state index contributed by atoms with van der Waals surface area (Å²) in [6.07, 6.45) is 1.39. The summed E-state index contributed by atoms with van der Waals surface area (Å²) >= 11 is 1.43. The molecular weight excluding hydrogens is 288 g/mol. The second-order valence-electron chi connectivity index (χ2n) is 6.61. The molecule has 5 nitrogen and oxygen atoms in total. The minimum Gasteiger partial charge on any atom is -0.481 e. The van der Waals surface area contributed by atoms with Gasteiger partial charge in [0.1, 0.15) is 4.88 Å². The molecule has 21 heavy (non-hydrogen) atoms. The molecule has 1 aliphatic heterocycles. The standard InChI is InChI=1S/C15H22N2O3S/c1-9-11(21-14(16-9)15(2,3)4)12(18)17-7-5-6-10(8-17)13(19)20/h10H,5-8H2,1-4H3,(H,19,20)/t10-/m0/s1. The molecule has 1 aromatic rings. The lowest BCUT2D eigenvalue weighted by Gasteiger charge is -2.30. The van der Waals surface area contributed by atoms with Crippen molar-refractivity contribution in [2.24, 2.45) is 5.92 Å². The van der Waals surface area contributed by atoms with Gasteiger partial charge in [0.25, 0.3) is 5.91 Å². The topological polar surface area (TPSA) is 70.5 Å².